The van der Waals surface area contributed by atoms with Crippen molar-refractivity contribution in [3.8, 4) is 11.3 Å². The van der Waals surface area contributed by atoms with Crippen molar-refractivity contribution in [2.75, 3.05) is 55.0 Å². The molecule has 2 aromatic heterocycles. The summed E-state index contributed by atoms with van der Waals surface area (Å²) in [6, 6.07) is 10.2. The summed E-state index contributed by atoms with van der Waals surface area (Å²) in [7, 11) is 3.78. The van der Waals surface area contributed by atoms with E-state index in [4.69, 9.17) is 28.2 Å². The second-order valence-corrected chi connectivity index (χ2v) is 8.03. The number of pyridine rings is 1. The Morgan fingerprint density at radius 1 is 0.933 bits per heavy atom. The maximum atomic E-state index is 13.6. The molecule has 9 heteroatoms. The summed E-state index contributed by atoms with van der Waals surface area (Å²) in [5, 5.41) is 0.721. The van der Waals surface area contributed by atoms with E-state index < -0.39 is 5.82 Å². The van der Waals surface area contributed by atoms with E-state index in [0.717, 1.165) is 43.4 Å². The van der Waals surface area contributed by atoms with Crippen molar-refractivity contribution in [1.29, 1.82) is 0 Å². The predicted molar refractivity (Wildman–Crippen MR) is 120 cm³/mol. The molecule has 1 fully saturated rings. The SMILES string of the molecule is CN(C)c1nc(-c2ccc(F)c(Cl)c2)cc(N2CCN(c3ncccc3Cl)CC2)n1. The van der Waals surface area contributed by atoms with Crippen molar-refractivity contribution in [3.05, 3.63) is 58.5 Å². The maximum absolute atomic E-state index is 13.6. The summed E-state index contributed by atoms with van der Waals surface area (Å²) in [4.78, 5) is 20.0. The summed E-state index contributed by atoms with van der Waals surface area (Å²) in [5.74, 6) is 1.75. The quantitative estimate of drug-likeness (QED) is 0.592. The zero-order valence-corrected chi connectivity index (χ0v) is 18.2. The number of rotatable bonds is 4. The lowest BCUT2D eigenvalue weighted by Crippen LogP contribution is -2.47. The van der Waals surface area contributed by atoms with Crippen molar-refractivity contribution in [2.24, 2.45) is 0 Å². The molecule has 0 aliphatic carbocycles. The van der Waals surface area contributed by atoms with Crippen LogP contribution in [0.1, 0.15) is 0 Å². The zero-order chi connectivity index (χ0) is 21.3. The van der Waals surface area contributed by atoms with E-state index in [0.29, 0.717) is 16.7 Å². The summed E-state index contributed by atoms with van der Waals surface area (Å²) in [5.41, 5.74) is 1.44. The van der Waals surface area contributed by atoms with Crippen LogP contribution in [-0.4, -0.2) is 55.2 Å². The van der Waals surface area contributed by atoms with Gasteiger partial charge in [0.25, 0.3) is 0 Å². The molecule has 3 heterocycles. The average molecular weight is 447 g/mol. The highest BCUT2D eigenvalue weighted by Crippen LogP contribution is 2.29. The van der Waals surface area contributed by atoms with Crippen molar-refractivity contribution >= 4 is 40.8 Å². The van der Waals surface area contributed by atoms with E-state index in [2.05, 4.69) is 19.8 Å². The fourth-order valence-corrected chi connectivity index (χ4v) is 3.77. The molecular weight excluding hydrogens is 426 g/mol. The third-order valence-electron chi connectivity index (χ3n) is 4.96. The average Bonchev–Trinajstić information content (AvgIpc) is 2.76. The number of nitrogens with zero attached hydrogens (tertiary/aromatic N) is 6. The molecule has 30 heavy (non-hydrogen) atoms. The number of hydrogen-bond acceptors (Lipinski definition) is 6. The van der Waals surface area contributed by atoms with Gasteiger partial charge in [-0.05, 0) is 30.3 Å². The molecule has 0 N–H and O–H groups in total. The van der Waals surface area contributed by atoms with Gasteiger partial charge in [0.2, 0.25) is 5.95 Å². The van der Waals surface area contributed by atoms with Gasteiger partial charge in [0.1, 0.15) is 17.5 Å². The molecule has 0 radical (unpaired) electrons. The molecule has 0 amide bonds. The number of halogens is 3. The molecule has 0 saturated carbocycles. The number of anilines is 3. The van der Waals surface area contributed by atoms with Crippen LogP contribution in [0, 0.1) is 5.82 Å². The van der Waals surface area contributed by atoms with Crippen LogP contribution < -0.4 is 14.7 Å². The smallest absolute Gasteiger partial charge is 0.227 e. The van der Waals surface area contributed by atoms with Crippen LogP contribution in [0.15, 0.2) is 42.6 Å². The van der Waals surface area contributed by atoms with Crippen LogP contribution in [0.5, 0.6) is 0 Å². The van der Waals surface area contributed by atoms with E-state index in [1.807, 2.05) is 37.2 Å². The summed E-state index contributed by atoms with van der Waals surface area (Å²) in [6.07, 6.45) is 1.75. The van der Waals surface area contributed by atoms with Crippen LogP contribution in [0.3, 0.4) is 0 Å². The summed E-state index contributed by atoms with van der Waals surface area (Å²) >= 11 is 12.3. The van der Waals surface area contributed by atoms with Gasteiger partial charge in [-0.3, -0.25) is 0 Å². The van der Waals surface area contributed by atoms with Crippen molar-refractivity contribution in [3.63, 3.8) is 0 Å². The highest BCUT2D eigenvalue weighted by molar-refractivity contribution is 6.33. The Kier molecular flexibility index (Phi) is 5.92. The Labute approximate surface area is 184 Å². The van der Waals surface area contributed by atoms with E-state index in [1.165, 1.54) is 6.07 Å². The lowest BCUT2D eigenvalue weighted by atomic mass is 10.1. The molecule has 0 atom stereocenters. The van der Waals surface area contributed by atoms with Gasteiger partial charge in [0, 0.05) is 58.1 Å². The lowest BCUT2D eigenvalue weighted by Gasteiger charge is -2.36. The Hall–Kier alpha value is -2.64. The van der Waals surface area contributed by atoms with Gasteiger partial charge in [0.05, 0.1) is 15.7 Å². The first-order valence-electron chi connectivity index (χ1n) is 9.54. The Morgan fingerprint density at radius 3 is 2.33 bits per heavy atom. The number of benzene rings is 1. The van der Waals surface area contributed by atoms with Gasteiger partial charge in [0.15, 0.2) is 0 Å². The number of aromatic nitrogens is 3. The first-order chi connectivity index (χ1) is 14.4. The lowest BCUT2D eigenvalue weighted by molar-refractivity contribution is 0.628. The van der Waals surface area contributed by atoms with Gasteiger partial charge in [-0.2, -0.15) is 4.98 Å². The van der Waals surface area contributed by atoms with E-state index >= 15 is 0 Å². The molecule has 0 bridgehead atoms. The number of hydrogen-bond donors (Lipinski definition) is 0. The summed E-state index contributed by atoms with van der Waals surface area (Å²) < 4.78 is 13.6. The minimum Gasteiger partial charge on any atom is -0.353 e. The molecule has 1 aromatic carbocycles. The van der Waals surface area contributed by atoms with E-state index in [-0.39, 0.29) is 5.02 Å². The normalized spacial score (nSPS) is 14.2. The van der Waals surface area contributed by atoms with E-state index in [1.54, 1.807) is 18.3 Å². The van der Waals surface area contributed by atoms with Crippen LogP contribution in [0.4, 0.5) is 22.0 Å². The van der Waals surface area contributed by atoms with Gasteiger partial charge in [-0.15, -0.1) is 0 Å². The Bertz CT molecular complexity index is 1050. The summed E-state index contributed by atoms with van der Waals surface area (Å²) in [6.45, 7) is 3.08. The molecule has 6 nitrogen and oxygen atoms in total. The largest absolute Gasteiger partial charge is 0.353 e. The first kappa shape index (κ1) is 20.6. The molecule has 0 unspecified atom stereocenters. The molecule has 3 aromatic rings. The van der Waals surface area contributed by atoms with E-state index in [9.17, 15) is 4.39 Å². The van der Waals surface area contributed by atoms with Gasteiger partial charge in [-0.1, -0.05) is 23.2 Å². The van der Waals surface area contributed by atoms with Crippen molar-refractivity contribution < 1.29 is 4.39 Å². The minimum atomic E-state index is -0.452. The molecule has 1 aliphatic rings. The van der Waals surface area contributed by atoms with Crippen LogP contribution >= 0.6 is 23.2 Å². The van der Waals surface area contributed by atoms with Gasteiger partial charge in [-0.25, -0.2) is 14.4 Å². The standard InChI is InChI=1S/C21H21Cl2FN6/c1-28(2)21-26-18(14-5-6-17(24)16(23)12-14)13-19(27-21)29-8-10-30(11-9-29)20-15(22)4-3-7-25-20/h3-7,12-13H,8-11H2,1-2H3. The fourth-order valence-electron chi connectivity index (χ4n) is 3.34. The van der Waals surface area contributed by atoms with Crippen LogP contribution in [0.25, 0.3) is 11.3 Å². The zero-order valence-electron chi connectivity index (χ0n) is 16.7. The predicted octanol–water partition coefficient (Wildman–Crippen LogP) is 4.38. The monoisotopic (exact) mass is 446 g/mol. The molecule has 156 valence electrons. The topological polar surface area (TPSA) is 48.4 Å². The number of piperazine rings is 1. The highest BCUT2D eigenvalue weighted by atomic mass is 35.5. The second-order valence-electron chi connectivity index (χ2n) is 7.22. The Balaban J connectivity index is 1.60. The maximum Gasteiger partial charge on any atom is 0.227 e. The van der Waals surface area contributed by atoms with Crippen molar-refractivity contribution in [1.82, 2.24) is 15.0 Å². The van der Waals surface area contributed by atoms with Gasteiger partial charge < -0.3 is 14.7 Å². The minimum absolute atomic E-state index is 0.0694. The molecule has 1 aliphatic heterocycles. The first-order valence-corrected chi connectivity index (χ1v) is 10.3. The molecule has 4 rings (SSSR count). The third-order valence-corrected chi connectivity index (χ3v) is 5.54. The second kappa shape index (κ2) is 8.62. The Morgan fingerprint density at radius 2 is 1.67 bits per heavy atom. The highest BCUT2D eigenvalue weighted by Gasteiger charge is 2.22. The molecule has 0 spiro atoms. The molecule has 1 saturated heterocycles. The van der Waals surface area contributed by atoms with Gasteiger partial charge >= 0.3 is 0 Å². The van der Waals surface area contributed by atoms with Crippen molar-refractivity contribution in [2.45, 2.75) is 0 Å². The third kappa shape index (κ3) is 4.27. The van der Waals surface area contributed by atoms with Crippen LogP contribution in [-0.2, 0) is 0 Å². The molecular formula is C21H21Cl2FN6. The fraction of sp³-hybridized carbons (Fsp3) is 0.286. The van der Waals surface area contributed by atoms with Crippen LogP contribution in [0.2, 0.25) is 10.0 Å².